The number of aromatic nitrogens is 12. The van der Waals surface area contributed by atoms with Gasteiger partial charge in [0.1, 0.15) is 59.1 Å². The Morgan fingerprint density at radius 3 is 2.35 bits per heavy atom. The molecule has 1 unspecified atom stereocenters. The first-order valence-corrected chi connectivity index (χ1v) is 43.1. The van der Waals surface area contributed by atoms with Crippen LogP contribution in [0.4, 0.5) is 23.7 Å². The van der Waals surface area contributed by atoms with Gasteiger partial charge in [-0.25, -0.2) is 44.1 Å². The smallest absolute Gasteiger partial charge is 0.329 e. The molecule has 11 N–H and O–H groups in total. The molecule has 6 aromatic heterocycles. The maximum absolute atomic E-state index is 14.8. The van der Waals surface area contributed by atoms with Gasteiger partial charge in [0, 0.05) is 116 Å². The molecule has 1 aromatic carbocycles. The minimum Gasteiger partial charge on any atom is -0.460 e. The molecule has 125 heavy (non-hydrogen) atoms. The average molecular weight is 1730 g/mol. The second kappa shape index (κ2) is 43.5. The maximum atomic E-state index is 14.8. The predicted molar refractivity (Wildman–Crippen MR) is 461 cm³/mol. The number of oxazole rings is 1. The highest BCUT2D eigenvalue weighted by Crippen LogP contribution is 2.40. The summed E-state index contributed by atoms with van der Waals surface area (Å²) >= 11 is 0. The number of piperidine rings is 1. The second-order valence-corrected chi connectivity index (χ2v) is 33.6. The third kappa shape index (κ3) is 23.3. The van der Waals surface area contributed by atoms with Crippen LogP contribution in [0.3, 0.4) is 0 Å². The molecule has 17 atom stereocenters. The van der Waals surface area contributed by atoms with E-state index in [4.69, 9.17) is 59.4 Å². The number of hydrogen-bond acceptors (Lipinski definition) is 33. The molecule has 38 heteroatoms. The summed E-state index contributed by atoms with van der Waals surface area (Å²) in [5.74, 6) is -7.09. The number of methoxy groups -OCH3 is 3. The second-order valence-electron chi connectivity index (χ2n) is 33.6. The molecule has 0 radical (unpaired) electrons. The third-order valence-corrected chi connectivity index (χ3v) is 24.5. The zero-order chi connectivity index (χ0) is 89.2. The lowest BCUT2D eigenvalue weighted by Crippen LogP contribution is -2.61. The number of rotatable bonds is 24. The van der Waals surface area contributed by atoms with Gasteiger partial charge in [-0.2, -0.15) is 10.1 Å². The summed E-state index contributed by atoms with van der Waals surface area (Å²) in [5.41, 5.74) is 17.7. The van der Waals surface area contributed by atoms with Crippen LogP contribution in [0.1, 0.15) is 148 Å². The van der Waals surface area contributed by atoms with Crippen molar-refractivity contribution in [3.63, 3.8) is 0 Å². The standard InChI is InChI=1S/C87H120N20O18/c1-50-16-12-11-13-17-51(2)69(118-8)39-63-22-19-56(7)87(117,125-63)78(113)82(115)105-28-15-14-18-65(105)83(116)123-70(53(4)36-57-20-23-66(109)71(37-57)119-9)40-67(110)52(3)35-55(6)76(112)77(120-10)74(54(5)34-50)101-122-48-60-45-107(102-99-60)61-43-94-86(95-44-61)104-31-30-103(46-62(104)47-108)85-92-41-59(42-93-85)81(114)91-27-33-121-32-25-72(111)90-26-29-106-80-73(79(88)96-49-97-80)75(100-106)58-21-24-68-64(38-58)98-84(89)124-68/h11-13,16-17,21,24,35,38,41-45,49-50,52-54,56-57,62-63,65-67,69-71,76-77,108-110,112,117H,14-15,18-20,22-23,25-34,36-37,39-40,46-48H2,1-10H3,(H2,89,98)(H,90,111)(H,91,114)(H2,88,96,97)/b13-11+,16-12+,51-17+,55-35+,101-74?/t50-,52-,53-,54-,56-,57+,62?,63+,65+,66-,67-,69+,70+,71-,76-,77+,87-/m1/s1. The van der Waals surface area contributed by atoms with E-state index in [0.717, 1.165) is 5.57 Å². The van der Waals surface area contributed by atoms with Crippen molar-refractivity contribution in [1.82, 2.24) is 75.2 Å². The number of allylic oxidation sites excluding steroid dienone is 5. The Bertz CT molecular complexity index is 4960. The van der Waals surface area contributed by atoms with Gasteiger partial charge in [0.05, 0.1) is 98.2 Å². The minimum absolute atomic E-state index is 0.0351. The van der Waals surface area contributed by atoms with Crippen LogP contribution in [-0.4, -0.2) is 272 Å². The number of aliphatic hydroxyl groups is 5. The lowest BCUT2D eigenvalue weighted by molar-refractivity contribution is -0.265. The fourth-order valence-electron chi connectivity index (χ4n) is 17.2. The molecule has 1 aliphatic carbocycles. The Labute approximate surface area is 725 Å². The number of esters is 1. The maximum Gasteiger partial charge on any atom is 0.329 e. The number of anilines is 4. The number of cyclic esters (lactones) is 1. The molecular formula is C87H120N20O18. The van der Waals surface area contributed by atoms with Crippen molar-refractivity contribution < 1.29 is 87.2 Å². The zero-order valence-electron chi connectivity index (χ0n) is 72.7. The van der Waals surface area contributed by atoms with Gasteiger partial charge in [-0.1, -0.05) is 81.4 Å². The molecule has 3 saturated heterocycles. The van der Waals surface area contributed by atoms with E-state index in [-0.39, 0.29) is 131 Å². The number of Topliss-reactive ketones (excluding diaryl/α,β-unsaturated/α-hetero) is 1. The number of amides is 3. The summed E-state index contributed by atoms with van der Waals surface area (Å²) in [6.45, 7) is 14.9. The van der Waals surface area contributed by atoms with Crippen LogP contribution in [0.15, 0.2) is 113 Å². The fraction of sp³-hybridized carbons (Fsp3) is 0.586. The van der Waals surface area contributed by atoms with Crippen molar-refractivity contribution in [3.8, 4) is 16.9 Å². The van der Waals surface area contributed by atoms with Gasteiger partial charge < -0.3 is 100 Å². The number of nitrogens with zero attached hydrogens (tertiary/aromatic N) is 16. The highest BCUT2D eigenvalue weighted by atomic mass is 16.6. The van der Waals surface area contributed by atoms with Gasteiger partial charge >= 0.3 is 5.97 Å². The lowest BCUT2D eigenvalue weighted by Gasteiger charge is -2.43. The van der Waals surface area contributed by atoms with E-state index in [2.05, 4.69) is 68.8 Å². The molecule has 0 spiro atoms. The van der Waals surface area contributed by atoms with Gasteiger partial charge in [0.2, 0.25) is 23.6 Å². The Balaban J connectivity index is 0.653. The topological polar surface area (TPSA) is 501 Å². The molecule has 1 saturated carbocycles. The summed E-state index contributed by atoms with van der Waals surface area (Å²) in [5, 5.41) is 82.7. The van der Waals surface area contributed by atoms with Crippen LogP contribution >= 0.6 is 0 Å². The molecule has 3 amide bonds. The Hall–Kier alpha value is -10.7. The summed E-state index contributed by atoms with van der Waals surface area (Å²) in [4.78, 5) is 112. The van der Waals surface area contributed by atoms with Crippen LogP contribution < -0.4 is 31.9 Å². The van der Waals surface area contributed by atoms with E-state index in [1.807, 2.05) is 60.9 Å². The number of benzene rings is 1. The largest absolute Gasteiger partial charge is 0.460 e. The highest BCUT2D eigenvalue weighted by Gasteiger charge is 2.53. The van der Waals surface area contributed by atoms with E-state index in [0.29, 0.717) is 145 Å². The summed E-state index contributed by atoms with van der Waals surface area (Å²) in [6, 6.07) is 3.77. The van der Waals surface area contributed by atoms with Crippen LogP contribution in [0.5, 0.6) is 0 Å². The quantitative estimate of drug-likeness (QED) is 0.0112. The van der Waals surface area contributed by atoms with Gasteiger partial charge in [0.25, 0.3) is 23.6 Å². The molecule has 38 nitrogen and oxygen atoms in total. The number of fused-ring (bicyclic) bond motifs is 5. The van der Waals surface area contributed by atoms with E-state index in [1.54, 1.807) is 76.5 Å². The van der Waals surface area contributed by atoms with Gasteiger partial charge in [-0.05, 0) is 125 Å². The monoisotopic (exact) mass is 1730 g/mol. The summed E-state index contributed by atoms with van der Waals surface area (Å²) in [6.07, 6.45) is 19.4. The molecule has 7 aromatic rings. The molecule has 12 rings (SSSR count). The average Bonchev–Trinajstić information content (AvgIpc) is 1.38. The normalized spacial score (nSPS) is 28.9. The number of carbonyl (C=O) groups is 5. The van der Waals surface area contributed by atoms with E-state index >= 15 is 0 Å². The van der Waals surface area contributed by atoms with Gasteiger partial charge in [0.15, 0.2) is 17.8 Å². The van der Waals surface area contributed by atoms with Crippen LogP contribution in [0, 0.1) is 35.5 Å². The number of nitrogen functional groups attached to an aromatic ring is 2. The number of ether oxygens (including phenoxy) is 6. The molecular weight excluding hydrogens is 1610 g/mol. The van der Waals surface area contributed by atoms with Crippen molar-refractivity contribution >= 4 is 81.0 Å². The molecule has 10 heterocycles. The summed E-state index contributed by atoms with van der Waals surface area (Å²) < 4.78 is 44.7. The number of nitrogens with one attached hydrogen (secondary N) is 2. The Kier molecular flexibility index (Phi) is 32.5. The molecule has 5 aliphatic rings. The lowest BCUT2D eigenvalue weighted by atomic mass is 9.78. The third-order valence-electron chi connectivity index (χ3n) is 24.5. The number of carbonyl (C=O) groups excluding carboxylic acids is 5. The first-order chi connectivity index (χ1) is 60.1. The number of nitrogens with two attached hydrogens (primary N) is 2. The Morgan fingerprint density at radius 1 is 0.808 bits per heavy atom. The first kappa shape index (κ1) is 93.5. The highest BCUT2D eigenvalue weighted by molar-refractivity contribution is 6.39. The molecule has 4 aliphatic heterocycles. The molecule has 2 bridgehead atoms. The van der Waals surface area contributed by atoms with Gasteiger partial charge in [-0.3, -0.25) is 19.2 Å². The van der Waals surface area contributed by atoms with Crippen molar-refractivity contribution in [2.75, 3.05) is 102 Å². The predicted octanol–water partition coefficient (Wildman–Crippen LogP) is 5.89. The van der Waals surface area contributed by atoms with Crippen LogP contribution in [0.25, 0.3) is 39.1 Å². The van der Waals surface area contributed by atoms with Crippen molar-refractivity contribution in [3.05, 3.63) is 114 Å². The Morgan fingerprint density at radius 2 is 1.59 bits per heavy atom. The minimum atomic E-state index is -2.47. The van der Waals surface area contributed by atoms with Crippen molar-refractivity contribution in [2.24, 2.45) is 40.7 Å². The SMILES string of the molecule is CO[C@H]1C[C@@H]2CC[C@@H](C)[C@@](O)(O2)C(=O)C(=O)N2CCCC[C@H]2C(=O)O[C@H]([C@H](C)C[C@@H]2CC[C@@H](O)[C@H](OC)C2)C[C@@H](O)[C@H](C)/C=C(\C)[C@@H](O)[C@@H](OC)C(=NOCc2cn(-c3cnc(N4CCN(c5ncc(C(=O)NCCOCCC(=O)NCCn6nc(-c7ccc8oc(N)nc8c7)c7c(N)ncnc76)cn5)CC4CO)nc3)nn2)[C@H](C)C[C@H](C)/C=C/C=C/C=C/1C. The number of aliphatic hydroxyl groups excluding tert-OH is 4. The fourth-order valence-corrected chi connectivity index (χ4v) is 17.2. The zero-order valence-corrected chi connectivity index (χ0v) is 72.7. The van der Waals surface area contributed by atoms with Crippen LogP contribution in [-0.2, 0) is 65.6 Å². The van der Waals surface area contributed by atoms with Crippen molar-refractivity contribution in [2.45, 2.75) is 212 Å². The van der Waals surface area contributed by atoms with Crippen molar-refractivity contribution in [1.29, 1.82) is 0 Å². The van der Waals surface area contributed by atoms with Crippen LogP contribution in [0.2, 0.25) is 0 Å². The number of ketones is 1. The molecule has 4 fully saturated rings. The van der Waals surface area contributed by atoms with E-state index in [1.165, 1.54) is 35.4 Å². The first-order valence-electron chi connectivity index (χ1n) is 43.1. The van der Waals surface area contributed by atoms with E-state index < -0.39 is 96.0 Å². The number of oxime groups is 1. The van der Waals surface area contributed by atoms with Gasteiger partial charge in [-0.15, -0.1) is 5.10 Å². The summed E-state index contributed by atoms with van der Waals surface area (Å²) in [7, 11) is 4.62. The number of piperazine rings is 1. The van der Waals surface area contributed by atoms with E-state index in [9.17, 15) is 49.5 Å². The molecule has 676 valence electrons. The number of hydrogen-bond donors (Lipinski definition) is 9.